The summed E-state index contributed by atoms with van der Waals surface area (Å²) in [5.41, 5.74) is 2.55. The van der Waals surface area contributed by atoms with Crippen molar-refractivity contribution in [3.8, 4) is 5.75 Å². The third-order valence-electron chi connectivity index (χ3n) is 3.12. The van der Waals surface area contributed by atoms with Crippen LogP contribution in [-0.4, -0.2) is 27.6 Å². The number of ether oxygens (including phenoxy) is 1. The molecular formula is C15H14N4O2. The van der Waals surface area contributed by atoms with Crippen molar-refractivity contribution in [1.29, 1.82) is 0 Å². The van der Waals surface area contributed by atoms with Crippen LogP contribution in [0.1, 0.15) is 16.2 Å². The zero-order chi connectivity index (χ0) is 14.8. The Morgan fingerprint density at radius 2 is 2.00 bits per heavy atom. The first kappa shape index (κ1) is 13.1. The zero-order valence-corrected chi connectivity index (χ0v) is 11.7. The summed E-state index contributed by atoms with van der Waals surface area (Å²) in [6.07, 6.45) is 1.65. The average molecular weight is 282 g/mol. The Bertz CT molecular complexity index is 793. The van der Waals surface area contributed by atoms with Gasteiger partial charge in [0.25, 0.3) is 5.91 Å². The van der Waals surface area contributed by atoms with Gasteiger partial charge in [0.1, 0.15) is 11.4 Å². The standard InChI is InChI=1S/C15H14N4O2/c1-10-9-13(18-14-7-8-16-19(10)14)15(20)17-11-3-5-12(21-2)6-4-11/h3-9H,1-2H3,(H,17,20). The summed E-state index contributed by atoms with van der Waals surface area (Å²) in [6, 6.07) is 10.6. The first-order valence-corrected chi connectivity index (χ1v) is 6.44. The highest BCUT2D eigenvalue weighted by molar-refractivity contribution is 6.03. The average Bonchev–Trinajstić information content (AvgIpc) is 2.97. The Labute approximate surface area is 121 Å². The fraction of sp³-hybridized carbons (Fsp3) is 0.133. The number of rotatable bonds is 3. The minimum atomic E-state index is -0.257. The largest absolute Gasteiger partial charge is 0.497 e. The maximum atomic E-state index is 12.3. The molecule has 6 nitrogen and oxygen atoms in total. The Hall–Kier alpha value is -2.89. The van der Waals surface area contributed by atoms with Crippen LogP contribution in [0.5, 0.6) is 5.75 Å². The maximum Gasteiger partial charge on any atom is 0.274 e. The summed E-state index contributed by atoms with van der Waals surface area (Å²) in [6.45, 7) is 1.88. The normalized spacial score (nSPS) is 10.6. The SMILES string of the molecule is COc1ccc(NC(=O)c2cc(C)n3nccc3n2)cc1. The van der Waals surface area contributed by atoms with E-state index in [2.05, 4.69) is 15.4 Å². The van der Waals surface area contributed by atoms with E-state index < -0.39 is 0 Å². The minimum Gasteiger partial charge on any atom is -0.497 e. The molecule has 0 aliphatic heterocycles. The van der Waals surface area contributed by atoms with Crippen LogP contribution < -0.4 is 10.1 Å². The predicted octanol–water partition coefficient (Wildman–Crippen LogP) is 2.30. The molecule has 1 N–H and O–H groups in total. The number of carbonyl (C=O) groups excluding carboxylic acids is 1. The minimum absolute atomic E-state index is 0.257. The third-order valence-corrected chi connectivity index (χ3v) is 3.12. The molecule has 2 heterocycles. The number of amides is 1. The van der Waals surface area contributed by atoms with E-state index in [4.69, 9.17) is 4.74 Å². The highest BCUT2D eigenvalue weighted by atomic mass is 16.5. The third kappa shape index (κ3) is 2.55. The monoisotopic (exact) mass is 282 g/mol. The number of nitrogens with one attached hydrogen (secondary N) is 1. The summed E-state index contributed by atoms with van der Waals surface area (Å²) >= 11 is 0. The molecular weight excluding hydrogens is 268 g/mol. The molecule has 0 aliphatic rings. The number of aryl methyl sites for hydroxylation is 1. The second kappa shape index (κ2) is 5.24. The van der Waals surface area contributed by atoms with Crippen LogP contribution >= 0.6 is 0 Å². The second-order valence-electron chi connectivity index (χ2n) is 4.57. The molecule has 21 heavy (non-hydrogen) atoms. The summed E-state index contributed by atoms with van der Waals surface area (Å²) in [5.74, 6) is 0.481. The van der Waals surface area contributed by atoms with Crippen molar-refractivity contribution >= 4 is 17.2 Å². The second-order valence-corrected chi connectivity index (χ2v) is 4.57. The molecule has 0 spiro atoms. The molecule has 6 heteroatoms. The number of carbonyl (C=O) groups is 1. The van der Waals surface area contributed by atoms with E-state index in [1.807, 2.05) is 6.92 Å². The van der Waals surface area contributed by atoms with Gasteiger partial charge < -0.3 is 10.1 Å². The Morgan fingerprint density at radius 1 is 1.24 bits per heavy atom. The van der Waals surface area contributed by atoms with Crippen LogP contribution in [0.3, 0.4) is 0 Å². The summed E-state index contributed by atoms with van der Waals surface area (Å²) in [7, 11) is 1.60. The van der Waals surface area contributed by atoms with E-state index in [-0.39, 0.29) is 5.91 Å². The van der Waals surface area contributed by atoms with Crippen molar-refractivity contribution in [1.82, 2.24) is 14.6 Å². The lowest BCUT2D eigenvalue weighted by molar-refractivity contribution is 0.102. The van der Waals surface area contributed by atoms with Crippen LogP contribution in [0.25, 0.3) is 5.65 Å². The van der Waals surface area contributed by atoms with Gasteiger partial charge in [0, 0.05) is 17.4 Å². The number of aromatic nitrogens is 3. The van der Waals surface area contributed by atoms with Crippen molar-refractivity contribution in [3.05, 3.63) is 54.0 Å². The number of methoxy groups -OCH3 is 1. The number of hydrogen-bond acceptors (Lipinski definition) is 4. The van der Waals surface area contributed by atoms with E-state index in [0.717, 1.165) is 11.4 Å². The van der Waals surface area contributed by atoms with E-state index in [0.29, 0.717) is 17.0 Å². The molecule has 0 radical (unpaired) electrons. The lowest BCUT2D eigenvalue weighted by Crippen LogP contribution is -2.15. The summed E-state index contributed by atoms with van der Waals surface area (Å²) in [5, 5.41) is 6.94. The molecule has 1 amide bonds. The van der Waals surface area contributed by atoms with Crippen molar-refractivity contribution in [2.45, 2.75) is 6.92 Å². The molecule has 0 atom stereocenters. The van der Waals surface area contributed by atoms with Crippen molar-refractivity contribution in [2.75, 3.05) is 12.4 Å². The quantitative estimate of drug-likeness (QED) is 0.800. The van der Waals surface area contributed by atoms with Gasteiger partial charge in [-0.15, -0.1) is 0 Å². The van der Waals surface area contributed by atoms with Crippen LogP contribution in [0, 0.1) is 6.92 Å². The van der Waals surface area contributed by atoms with Crippen molar-refractivity contribution < 1.29 is 9.53 Å². The Morgan fingerprint density at radius 3 is 2.71 bits per heavy atom. The van der Waals surface area contributed by atoms with Gasteiger partial charge in [0.05, 0.1) is 13.3 Å². The van der Waals surface area contributed by atoms with E-state index in [9.17, 15) is 4.79 Å². The molecule has 0 aliphatic carbocycles. The smallest absolute Gasteiger partial charge is 0.274 e. The molecule has 2 aromatic heterocycles. The molecule has 0 unspecified atom stereocenters. The Kier molecular flexibility index (Phi) is 3.27. The van der Waals surface area contributed by atoms with Gasteiger partial charge in [-0.3, -0.25) is 4.79 Å². The molecule has 0 saturated heterocycles. The zero-order valence-electron chi connectivity index (χ0n) is 11.7. The lowest BCUT2D eigenvalue weighted by Gasteiger charge is -2.07. The van der Waals surface area contributed by atoms with E-state index >= 15 is 0 Å². The van der Waals surface area contributed by atoms with E-state index in [1.165, 1.54) is 0 Å². The van der Waals surface area contributed by atoms with Gasteiger partial charge in [0.2, 0.25) is 0 Å². The number of hydrogen-bond donors (Lipinski definition) is 1. The highest BCUT2D eigenvalue weighted by Gasteiger charge is 2.11. The topological polar surface area (TPSA) is 68.5 Å². The number of fused-ring (bicyclic) bond motifs is 1. The van der Waals surface area contributed by atoms with Crippen LogP contribution in [0.4, 0.5) is 5.69 Å². The fourth-order valence-electron chi connectivity index (χ4n) is 2.05. The summed E-state index contributed by atoms with van der Waals surface area (Å²) < 4.78 is 6.76. The van der Waals surface area contributed by atoms with Crippen LogP contribution in [0.15, 0.2) is 42.6 Å². The molecule has 0 bridgehead atoms. The van der Waals surface area contributed by atoms with Crippen molar-refractivity contribution in [3.63, 3.8) is 0 Å². The molecule has 1 aromatic carbocycles. The summed E-state index contributed by atoms with van der Waals surface area (Å²) in [4.78, 5) is 16.5. The van der Waals surface area contributed by atoms with Gasteiger partial charge in [-0.1, -0.05) is 0 Å². The molecule has 0 saturated carbocycles. The molecule has 3 aromatic rings. The first-order chi connectivity index (χ1) is 10.2. The van der Waals surface area contributed by atoms with Gasteiger partial charge in [-0.05, 0) is 37.3 Å². The van der Waals surface area contributed by atoms with Gasteiger partial charge in [0.15, 0.2) is 5.65 Å². The Balaban J connectivity index is 1.85. The van der Waals surface area contributed by atoms with Crippen molar-refractivity contribution in [2.24, 2.45) is 0 Å². The number of nitrogens with zero attached hydrogens (tertiary/aromatic N) is 3. The van der Waals surface area contributed by atoms with Crippen LogP contribution in [-0.2, 0) is 0 Å². The highest BCUT2D eigenvalue weighted by Crippen LogP contribution is 2.16. The number of anilines is 1. The fourth-order valence-corrected chi connectivity index (χ4v) is 2.05. The first-order valence-electron chi connectivity index (χ1n) is 6.44. The van der Waals surface area contributed by atoms with Gasteiger partial charge in [-0.25, -0.2) is 9.50 Å². The maximum absolute atomic E-state index is 12.3. The van der Waals surface area contributed by atoms with E-state index in [1.54, 1.807) is 54.2 Å². The predicted molar refractivity (Wildman–Crippen MR) is 78.7 cm³/mol. The van der Waals surface area contributed by atoms with Gasteiger partial charge >= 0.3 is 0 Å². The lowest BCUT2D eigenvalue weighted by atomic mass is 10.2. The number of benzene rings is 1. The molecule has 3 rings (SSSR count). The van der Waals surface area contributed by atoms with Gasteiger partial charge in [-0.2, -0.15) is 5.10 Å². The molecule has 0 fully saturated rings. The van der Waals surface area contributed by atoms with Crippen LogP contribution in [0.2, 0.25) is 0 Å². The molecule has 106 valence electrons.